The van der Waals surface area contributed by atoms with Gasteiger partial charge in [0.1, 0.15) is 48.8 Å². The van der Waals surface area contributed by atoms with Gasteiger partial charge in [-0.2, -0.15) is 0 Å². The van der Waals surface area contributed by atoms with Crippen molar-refractivity contribution in [1.82, 2.24) is 0 Å². The Balaban J connectivity index is 1.20. The molecule has 4 aliphatic carbocycles. The Morgan fingerprint density at radius 3 is 2.00 bits per heavy atom. The summed E-state index contributed by atoms with van der Waals surface area (Å²) in [7, 11) is 0. The van der Waals surface area contributed by atoms with E-state index in [-0.39, 0.29) is 22.7 Å². The van der Waals surface area contributed by atoms with Crippen molar-refractivity contribution in [1.29, 1.82) is 0 Å². The smallest absolute Gasteiger partial charge is 0.314 e. The Morgan fingerprint density at radius 1 is 0.800 bits per heavy atom. The van der Waals surface area contributed by atoms with Crippen LogP contribution >= 0.6 is 0 Å². The molecule has 6 aliphatic rings. The maximum Gasteiger partial charge on any atom is 0.314 e. The lowest BCUT2D eigenvalue weighted by Crippen LogP contribution is -2.63. The van der Waals surface area contributed by atoms with Gasteiger partial charge in [-0.15, -0.1) is 0 Å². The van der Waals surface area contributed by atoms with E-state index in [1.807, 2.05) is 6.92 Å². The van der Waals surface area contributed by atoms with Crippen molar-refractivity contribution in [3.05, 3.63) is 12.2 Å². The number of aliphatic hydroxyl groups is 8. The first-order valence-electron chi connectivity index (χ1n) is 16.3. The van der Waals surface area contributed by atoms with Crippen LogP contribution in [0.25, 0.3) is 0 Å². The molecule has 256 valence electrons. The molecule has 16 atom stereocenters. The summed E-state index contributed by atoms with van der Waals surface area (Å²) < 4.78 is 23.4. The Bertz CT molecular complexity index is 1150. The SMILES string of the molecule is C=C1C[C@]23CC[C@@H]4[C@](C)(CCC[C@@]4(C)C(=O)O[C@@H]4O[C@H](CO)[C@@H](O)[C@H](O)[C@H]4O)[C@H]2CC[C@@]1(O[C@@H]1O[C@H](CO)[C@@H](O)[C@H](O)[C@H]1O)C3. The monoisotopic (exact) mass is 642 g/mol. The lowest BCUT2D eigenvalue weighted by molar-refractivity contribution is -0.327. The number of carbonyl (C=O) groups excluding carboxylic acids is 1. The normalized spacial score (nSPS) is 54.7. The number of ether oxygens (including phenoxy) is 4. The Morgan fingerprint density at radius 2 is 1.38 bits per heavy atom. The number of fused-ring (bicyclic) bond motifs is 3. The summed E-state index contributed by atoms with van der Waals surface area (Å²) >= 11 is 0. The molecule has 0 aromatic heterocycles. The zero-order valence-electron chi connectivity index (χ0n) is 26.0. The first kappa shape index (κ1) is 33.7. The highest BCUT2D eigenvalue weighted by Crippen LogP contribution is 2.73. The van der Waals surface area contributed by atoms with Gasteiger partial charge in [0.25, 0.3) is 0 Å². The van der Waals surface area contributed by atoms with Gasteiger partial charge in [-0.1, -0.05) is 19.9 Å². The van der Waals surface area contributed by atoms with E-state index in [1.54, 1.807) is 0 Å². The molecule has 6 rings (SSSR count). The average Bonchev–Trinajstić information content (AvgIpc) is 3.20. The second-order valence-corrected chi connectivity index (χ2v) is 15.2. The summed E-state index contributed by atoms with van der Waals surface area (Å²) in [6, 6.07) is 0. The van der Waals surface area contributed by atoms with Gasteiger partial charge in [0.2, 0.25) is 6.29 Å². The number of aliphatic hydroxyl groups excluding tert-OH is 8. The molecule has 4 saturated carbocycles. The average molecular weight is 643 g/mol. The van der Waals surface area contributed by atoms with Crippen molar-refractivity contribution in [3.63, 3.8) is 0 Å². The van der Waals surface area contributed by atoms with Crippen LogP contribution in [0.4, 0.5) is 0 Å². The molecule has 0 aromatic rings. The molecule has 6 fully saturated rings. The standard InChI is InChI=1S/C32H50O13/c1-15-11-31-9-5-18-29(2,7-4-8-30(18,3)28(41)44-26-24(39)22(37)20(35)16(12-33)42-26)19(31)6-10-32(15,14-31)45-27-25(40)23(38)21(36)17(13-34)43-27/h16-27,33-40H,1,4-14H2,2-3H3/t16-,17-,18-,19-,20-,21-,22+,23+,24-,25-,26+,27+,29+,30-,31+,32-/m1/s1. The second kappa shape index (κ2) is 11.7. The van der Waals surface area contributed by atoms with Gasteiger partial charge in [-0.3, -0.25) is 4.79 Å². The van der Waals surface area contributed by atoms with Crippen molar-refractivity contribution in [2.45, 2.75) is 139 Å². The molecule has 8 N–H and O–H groups in total. The second-order valence-electron chi connectivity index (χ2n) is 15.2. The molecular weight excluding hydrogens is 592 g/mol. The van der Waals surface area contributed by atoms with E-state index in [2.05, 4.69) is 13.5 Å². The Labute approximate surface area is 262 Å². The topological polar surface area (TPSA) is 216 Å². The van der Waals surface area contributed by atoms with Gasteiger partial charge in [0.15, 0.2) is 6.29 Å². The molecule has 2 heterocycles. The third-order valence-electron chi connectivity index (χ3n) is 12.9. The van der Waals surface area contributed by atoms with E-state index in [9.17, 15) is 45.6 Å². The van der Waals surface area contributed by atoms with Crippen LogP contribution in [0.15, 0.2) is 12.2 Å². The first-order valence-corrected chi connectivity index (χ1v) is 16.3. The Kier molecular flexibility index (Phi) is 8.77. The summed E-state index contributed by atoms with van der Waals surface area (Å²) in [5.41, 5.74) is -1.20. The van der Waals surface area contributed by atoms with Crippen LogP contribution in [0.1, 0.15) is 71.6 Å². The molecule has 2 bridgehead atoms. The molecule has 0 aromatic carbocycles. The van der Waals surface area contributed by atoms with Crippen molar-refractivity contribution < 1.29 is 64.6 Å². The van der Waals surface area contributed by atoms with Crippen LogP contribution in [0.2, 0.25) is 0 Å². The van der Waals surface area contributed by atoms with Crippen LogP contribution in [0.3, 0.4) is 0 Å². The van der Waals surface area contributed by atoms with E-state index in [0.29, 0.717) is 25.7 Å². The molecule has 0 radical (unpaired) electrons. The fraction of sp³-hybridized carbons (Fsp3) is 0.906. The third-order valence-corrected chi connectivity index (χ3v) is 12.9. The maximum atomic E-state index is 13.9. The van der Waals surface area contributed by atoms with Crippen molar-refractivity contribution in [3.8, 4) is 0 Å². The van der Waals surface area contributed by atoms with E-state index in [0.717, 1.165) is 37.7 Å². The molecule has 2 saturated heterocycles. The number of hydrogen-bond acceptors (Lipinski definition) is 13. The van der Waals surface area contributed by atoms with Crippen LogP contribution in [-0.4, -0.2) is 127 Å². The van der Waals surface area contributed by atoms with Gasteiger partial charge in [-0.25, -0.2) is 0 Å². The molecule has 45 heavy (non-hydrogen) atoms. The summed E-state index contributed by atoms with van der Waals surface area (Å²) in [6.07, 6.45) is -7.82. The van der Waals surface area contributed by atoms with Gasteiger partial charge in [0, 0.05) is 0 Å². The molecule has 0 unspecified atom stereocenters. The van der Waals surface area contributed by atoms with Gasteiger partial charge >= 0.3 is 5.97 Å². The fourth-order valence-corrected chi connectivity index (χ4v) is 10.5. The van der Waals surface area contributed by atoms with Crippen LogP contribution in [-0.2, 0) is 23.7 Å². The van der Waals surface area contributed by atoms with Crippen LogP contribution in [0, 0.1) is 28.1 Å². The highest BCUT2D eigenvalue weighted by molar-refractivity contribution is 5.77. The van der Waals surface area contributed by atoms with E-state index < -0.39 is 91.6 Å². The third kappa shape index (κ3) is 5.04. The predicted molar refractivity (Wildman–Crippen MR) is 154 cm³/mol. The summed E-state index contributed by atoms with van der Waals surface area (Å²) in [5.74, 6) is -0.348. The quantitative estimate of drug-likeness (QED) is 0.102. The number of hydrogen-bond donors (Lipinski definition) is 8. The molecule has 1 spiro atoms. The van der Waals surface area contributed by atoms with Gasteiger partial charge < -0.3 is 59.8 Å². The zero-order valence-corrected chi connectivity index (χ0v) is 26.0. The maximum absolute atomic E-state index is 13.9. The molecule has 0 amide bonds. The molecule has 2 aliphatic heterocycles. The highest BCUT2D eigenvalue weighted by Gasteiger charge is 2.69. The number of esters is 1. The van der Waals surface area contributed by atoms with Crippen LogP contribution in [0.5, 0.6) is 0 Å². The highest BCUT2D eigenvalue weighted by atomic mass is 16.7. The Hall–Kier alpha value is -1.23. The zero-order chi connectivity index (χ0) is 32.7. The lowest BCUT2D eigenvalue weighted by atomic mass is 9.41. The fourth-order valence-electron chi connectivity index (χ4n) is 10.5. The summed E-state index contributed by atoms with van der Waals surface area (Å²) in [4.78, 5) is 13.9. The summed E-state index contributed by atoms with van der Waals surface area (Å²) in [6.45, 7) is 7.41. The van der Waals surface area contributed by atoms with E-state index in [1.165, 1.54) is 0 Å². The van der Waals surface area contributed by atoms with Gasteiger partial charge in [-0.05, 0) is 86.5 Å². The van der Waals surface area contributed by atoms with Gasteiger partial charge in [0.05, 0.1) is 24.2 Å². The largest absolute Gasteiger partial charge is 0.432 e. The minimum Gasteiger partial charge on any atom is -0.432 e. The molecule has 13 heteroatoms. The van der Waals surface area contributed by atoms with Crippen molar-refractivity contribution >= 4 is 5.97 Å². The van der Waals surface area contributed by atoms with E-state index >= 15 is 0 Å². The minimum atomic E-state index is -1.67. The van der Waals surface area contributed by atoms with Crippen molar-refractivity contribution in [2.24, 2.45) is 28.1 Å². The number of carbonyl (C=O) groups is 1. The van der Waals surface area contributed by atoms with Crippen LogP contribution < -0.4 is 0 Å². The molecular formula is C32H50O13. The lowest BCUT2D eigenvalue weighted by Gasteiger charge is -2.64. The predicted octanol–water partition coefficient (Wildman–Crippen LogP) is -0.762. The minimum absolute atomic E-state index is 0.0421. The summed E-state index contributed by atoms with van der Waals surface area (Å²) in [5, 5.41) is 81.4. The first-order chi connectivity index (χ1) is 21.2. The van der Waals surface area contributed by atoms with E-state index in [4.69, 9.17) is 18.9 Å². The molecule has 13 nitrogen and oxygen atoms in total. The number of rotatable bonds is 6. The van der Waals surface area contributed by atoms with Crippen molar-refractivity contribution in [2.75, 3.05) is 13.2 Å².